The Morgan fingerprint density at radius 3 is 1.51 bits per heavy atom. The van der Waals surface area contributed by atoms with Crippen LogP contribution in [0.4, 0.5) is 0 Å². The first-order valence-corrected chi connectivity index (χ1v) is 20.8. The molecule has 0 spiro atoms. The number of benzene rings is 4. The molecule has 0 saturated carbocycles. The van der Waals surface area contributed by atoms with Crippen LogP contribution >= 0.6 is 23.2 Å². The normalized spacial score (nSPS) is 14.6. The Balaban J connectivity index is 0.000000196. The summed E-state index contributed by atoms with van der Waals surface area (Å²) < 4.78 is 9.32. The largest absolute Gasteiger partial charge is 0.508 e. The minimum atomic E-state index is -0.525. The number of halogens is 2. The third kappa shape index (κ3) is 9.66. The van der Waals surface area contributed by atoms with E-state index in [1.54, 1.807) is 31.4 Å². The molecule has 0 unspecified atom stereocenters. The topological polar surface area (TPSA) is 174 Å². The number of aliphatic imine (C=N–C) groups is 2. The summed E-state index contributed by atoms with van der Waals surface area (Å²) in [5.41, 5.74) is 6.43. The number of hydrogen-bond acceptors (Lipinski definition) is 10. The summed E-state index contributed by atoms with van der Waals surface area (Å²) in [6.07, 6.45) is 0.317. The number of methoxy groups -OCH3 is 1. The Bertz CT molecular complexity index is 2580. The second-order valence-electron chi connectivity index (χ2n) is 13.8. The highest BCUT2D eigenvalue weighted by Gasteiger charge is 2.31. The molecular formula is C45H48Cl2N10O4. The van der Waals surface area contributed by atoms with Crippen molar-refractivity contribution in [2.75, 3.05) is 20.2 Å². The van der Waals surface area contributed by atoms with E-state index in [-0.39, 0.29) is 30.4 Å². The summed E-state index contributed by atoms with van der Waals surface area (Å²) in [6, 6.07) is 24.7. The zero-order chi connectivity index (χ0) is 43.8. The molecular weight excluding hydrogens is 815 g/mol. The highest BCUT2D eigenvalue weighted by molar-refractivity contribution is 6.31. The number of phenols is 1. The highest BCUT2D eigenvalue weighted by atomic mass is 35.5. The molecule has 2 aliphatic rings. The van der Waals surface area contributed by atoms with Gasteiger partial charge in [0.2, 0.25) is 11.8 Å². The molecule has 0 aliphatic carbocycles. The van der Waals surface area contributed by atoms with Gasteiger partial charge in [0.15, 0.2) is 11.6 Å². The Kier molecular flexibility index (Phi) is 14.3. The number of aromatic nitrogens is 6. The van der Waals surface area contributed by atoms with E-state index in [1.165, 1.54) is 0 Å². The van der Waals surface area contributed by atoms with Gasteiger partial charge in [0, 0.05) is 45.4 Å². The smallest absolute Gasteiger partial charge is 0.222 e. The van der Waals surface area contributed by atoms with Crippen LogP contribution in [0.15, 0.2) is 94.9 Å². The summed E-state index contributed by atoms with van der Waals surface area (Å²) in [5.74, 6) is 3.27. The lowest BCUT2D eigenvalue weighted by atomic mass is 10.00. The number of nitrogens with zero attached hydrogens (tertiary/aromatic N) is 8. The zero-order valence-corrected chi connectivity index (χ0v) is 36.6. The average molecular weight is 864 g/mol. The molecule has 8 rings (SSSR count). The Morgan fingerprint density at radius 2 is 1.08 bits per heavy atom. The van der Waals surface area contributed by atoms with Crippen LogP contribution in [-0.2, 0) is 9.59 Å². The predicted octanol–water partition coefficient (Wildman–Crippen LogP) is 8.04. The molecule has 2 aliphatic heterocycles. The van der Waals surface area contributed by atoms with Crippen molar-refractivity contribution in [2.24, 2.45) is 9.98 Å². The van der Waals surface area contributed by atoms with Gasteiger partial charge in [-0.1, -0.05) is 61.3 Å². The molecule has 4 aromatic carbocycles. The Hall–Kier alpha value is -6.38. The number of aromatic hydroxyl groups is 1. The molecule has 2 atom stereocenters. The van der Waals surface area contributed by atoms with Gasteiger partial charge in [-0.2, -0.15) is 0 Å². The number of nitrogens with one attached hydrogen (secondary N) is 2. The van der Waals surface area contributed by atoms with Crippen molar-refractivity contribution in [2.45, 2.75) is 66.5 Å². The lowest BCUT2D eigenvalue weighted by Gasteiger charge is -2.14. The van der Waals surface area contributed by atoms with Crippen molar-refractivity contribution in [3.63, 3.8) is 0 Å². The first kappa shape index (κ1) is 44.2. The van der Waals surface area contributed by atoms with Crippen LogP contribution < -0.4 is 15.4 Å². The molecule has 0 fully saturated rings. The quantitative estimate of drug-likeness (QED) is 0.131. The Morgan fingerprint density at radius 1 is 0.656 bits per heavy atom. The third-order valence-electron chi connectivity index (χ3n) is 9.78. The maximum absolute atomic E-state index is 12.4. The van der Waals surface area contributed by atoms with E-state index >= 15 is 0 Å². The number of fused-ring (bicyclic) bond motifs is 6. The minimum absolute atomic E-state index is 0.0857. The maximum atomic E-state index is 12.4. The fourth-order valence-corrected chi connectivity index (χ4v) is 7.38. The van der Waals surface area contributed by atoms with Crippen LogP contribution in [0.1, 0.15) is 98.2 Å². The second kappa shape index (κ2) is 19.8. The number of hydrogen-bond donors (Lipinski definition) is 3. The van der Waals surface area contributed by atoms with E-state index in [4.69, 9.17) is 37.9 Å². The van der Waals surface area contributed by atoms with Gasteiger partial charge in [-0.3, -0.25) is 28.7 Å². The highest BCUT2D eigenvalue weighted by Crippen LogP contribution is 2.36. The monoisotopic (exact) mass is 862 g/mol. The van der Waals surface area contributed by atoms with Crippen molar-refractivity contribution >= 4 is 46.4 Å². The first-order chi connectivity index (χ1) is 29.5. The number of carbonyl (C=O) groups excluding carboxylic acids is 2. The molecule has 6 aromatic rings. The van der Waals surface area contributed by atoms with E-state index in [0.717, 1.165) is 45.2 Å². The molecule has 16 heteroatoms. The van der Waals surface area contributed by atoms with E-state index in [2.05, 4.69) is 31.0 Å². The minimum Gasteiger partial charge on any atom is -0.508 e. The number of carbonyl (C=O) groups is 2. The SMILES string of the molecule is CC.CCNC(=O)C[C@@H]1N=C(c2ccc(Cl)cc2)c2cc(O)ccc2-n2c(C)nnc21.CCNC(=O)C[C@@H]1N=C(c2ccc(Cl)cc2)c2cc(OC)ccc2-n2c(C)nnc21. The number of aryl methyl sites for hydroxylation is 2. The van der Waals surface area contributed by atoms with Gasteiger partial charge in [-0.05, 0) is 88.4 Å². The molecule has 2 amide bonds. The first-order valence-electron chi connectivity index (χ1n) is 20.1. The molecule has 316 valence electrons. The number of amides is 2. The van der Waals surface area contributed by atoms with E-state index in [9.17, 15) is 14.7 Å². The average Bonchev–Trinajstić information content (AvgIpc) is 3.76. The molecule has 4 heterocycles. The van der Waals surface area contributed by atoms with Crippen molar-refractivity contribution in [1.82, 2.24) is 40.2 Å². The van der Waals surface area contributed by atoms with Gasteiger partial charge in [0.05, 0.1) is 42.7 Å². The predicted molar refractivity (Wildman–Crippen MR) is 238 cm³/mol. The van der Waals surface area contributed by atoms with Crippen molar-refractivity contribution in [1.29, 1.82) is 0 Å². The molecule has 2 aromatic heterocycles. The zero-order valence-electron chi connectivity index (χ0n) is 35.1. The molecule has 61 heavy (non-hydrogen) atoms. The summed E-state index contributed by atoms with van der Waals surface area (Å²) in [7, 11) is 1.63. The van der Waals surface area contributed by atoms with Crippen LogP contribution in [0.5, 0.6) is 11.5 Å². The van der Waals surface area contributed by atoms with Gasteiger partial charge < -0.3 is 20.5 Å². The van der Waals surface area contributed by atoms with Crippen molar-refractivity contribution < 1.29 is 19.4 Å². The van der Waals surface area contributed by atoms with Gasteiger partial charge in [-0.25, -0.2) is 0 Å². The van der Waals surface area contributed by atoms with E-state index in [1.807, 2.05) is 111 Å². The number of rotatable bonds is 9. The maximum Gasteiger partial charge on any atom is 0.222 e. The summed E-state index contributed by atoms with van der Waals surface area (Å²) in [4.78, 5) is 34.7. The van der Waals surface area contributed by atoms with Gasteiger partial charge >= 0.3 is 0 Å². The fourth-order valence-electron chi connectivity index (χ4n) is 7.13. The van der Waals surface area contributed by atoms with Crippen molar-refractivity contribution in [3.8, 4) is 22.9 Å². The summed E-state index contributed by atoms with van der Waals surface area (Å²) in [6.45, 7) is 12.6. The van der Waals surface area contributed by atoms with Crippen LogP contribution in [0.3, 0.4) is 0 Å². The number of ether oxygens (including phenoxy) is 1. The standard InChI is InChI=1S/C22H22ClN5O2.C21H20ClN5O2.C2H6/c1-4-24-20(29)12-18-22-27-26-13(2)28(22)19-10-9-16(30-3)11-17(19)21(25-18)14-5-7-15(23)8-6-14;1-3-23-19(29)11-17-21-26-25-12(2)27(21)18-9-8-15(28)10-16(18)20(24-17)13-4-6-14(22)7-5-13;1-2/h5-11,18H,4,12H2,1-3H3,(H,24,29);4-10,17,28H,3,11H2,1-2H3,(H,23,29);1-2H3/t18-;17-;/m00./s1. The second-order valence-corrected chi connectivity index (χ2v) is 14.7. The van der Waals surface area contributed by atoms with Gasteiger partial charge in [0.25, 0.3) is 0 Å². The van der Waals surface area contributed by atoms with Crippen LogP contribution in [-0.4, -0.2) is 78.1 Å². The Labute approximate surface area is 364 Å². The molecule has 0 bridgehead atoms. The van der Waals surface area contributed by atoms with Crippen LogP contribution in [0.25, 0.3) is 11.4 Å². The third-order valence-corrected chi connectivity index (χ3v) is 10.3. The van der Waals surface area contributed by atoms with E-state index < -0.39 is 12.1 Å². The van der Waals surface area contributed by atoms with Gasteiger partial charge in [0.1, 0.15) is 35.2 Å². The molecule has 14 nitrogen and oxygen atoms in total. The lowest BCUT2D eigenvalue weighted by Crippen LogP contribution is -2.25. The molecule has 0 radical (unpaired) electrons. The van der Waals surface area contributed by atoms with E-state index in [0.29, 0.717) is 52.1 Å². The van der Waals surface area contributed by atoms with Crippen molar-refractivity contribution in [3.05, 3.63) is 141 Å². The lowest BCUT2D eigenvalue weighted by molar-refractivity contribution is -0.122. The summed E-state index contributed by atoms with van der Waals surface area (Å²) in [5, 5.41) is 34.2. The molecule has 3 N–H and O–H groups in total. The van der Waals surface area contributed by atoms with Gasteiger partial charge in [-0.15, -0.1) is 20.4 Å². The number of phenolic OH excluding ortho intramolecular Hbond substituents is 1. The molecule has 0 saturated heterocycles. The van der Waals surface area contributed by atoms with Crippen LogP contribution in [0.2, 0.25) is 10.0 Å². The summed E-state index contributed by atoms with van der Waals surface area (Å²) >= 11 is 12.2. The van der Waals surface area contributed by atoms with Crippen LogP contribution in [0, 0.1) is 13.8 Å². The fraction of sp³-hybridized carbons (Fsp3) is 0.289.